The predicted molar refractivity (Wildman–Crippen MR) is 97.8 cm³/mol. The van der Waals surface area contributed by atoms with Gasteiger partial charge >= 0.3 is 0 Å². The minimum Gasteiger partial charge on any atom is -0.113 e. The first-order valence-corrected chi connectivity index (χ1v) is 8.88. The van der Waals surface area contributed by atoms with Gasteiger partial charge in [0.15, 0.2) is 3.79 Å². The highest BCUT2D eigenvalue weighted by atomic mass is 35.6. The van der Waals surface area contributed by atoms with E-state index in [-0.39, 0.29) is 22.2 Å². The molecule has 4 heteroatoms. The maximum absolute atomic E-state index is 7.17. The molecule has 2 atom stereocenters. The highest BCUT2D eigenvalue weighted by Gasteiger charge is 2.68. The van der Waals surface area contributed by atoms with Crippen molar-refractivity contribution in [3.8, 4) is 0 Å². The molecule has 124 valence electrons. The van der Waals surface area contributed by atoms with Crippen molar-refractivity contribution >= 4 is 46.4 Å². The van der Waals surface area contributed by atoms with Crippen molar-refractivity contribution in [1.29, 1.82) is 0 Å². The van der Waals surface area contributed by atoms with Crippen molar-refractivity contribution in [3.63, 3.8) is 0 Å². The lowest BCUT2D eigenvalue weighted by atomic mass is 9.48. The predicted octanol–water partition coefficient (Wildman–Crippen LogP) is 7.40. The summed E-state index contributed by atoms with van der Waals surface area (Å²) in [4.78, 5) is -0.654. The van der Waals surface area contributed by atoms with Gasteiger partial charge in [0.1, 0.15) is 0 Å². The molecule has 1 aliphatic rings. The summed E-state index contributed by atoms with van der Waals surface area (Å²) in [6.07, 6.45) is 0. The molecule has 1 rings (SSSR count). The third-order valence-corrected chi connectivity index (χ3v) is 5.93. The Bertz CT molecular complexity index is 449. The van der Waals surface area contributed by atoms with Gasteiger partial charge in [0.25, 0.3) is 0 Å². The Kier molecular flexibility index (Phi) is 4.94. The van der Waals surface area contributed by atoms with Crippen LogP contribution < -0.4 is 0 Å². The number of halogens is 4. The maximum atomic E-state index is 7.17. The molecule has 0 amide bonds. The van der Waals surface area contributed by atoms with Crippen LogP contribution in [-0.4, -0.2) is 8.67 Å². The summed E-state index contributed by atoms with van der Waals surface area (Å²) in [6.45, 7) is 19.4. The quantitative estimate of drug-likeness (QED) is 0.306. The van der Waals surface area contributed by atoms with Gasteiger partial charge in [0, 0.05) is 0 Å². The molecule has 0 aromatic rings. The van der Waals surface area contributed by atoms with E-state index < -0.39 is 8.67 Å². The summed E-state index contributed by atoms with van der Waals surface area (Å²) in [5.74, 6) is -0.286. The van der Waals surface area contributed by atoms with Crippen LogP contribution in [0.5, 0.6) is 0 Å². The van der Waals surface area contributed by atoms with Gasteiger partial charge < -0.3 is 0 Å². The van der Waals surface area contributed by atoms with Crippen LogP contribution in [0.15, 0.2) is 11.1 Å². The van der Waals surface area contributed by atoms with Crippen LogP contribution in [0.3, 0.4) is 0 Å². The van der Waals surface area contributed by atoms with E-state index >= 15 is 0 Å². The summed E-state index contributed by atoms with van der Waals surface area (Å²) < 4.78 is -1.41. The fraction of sp³-hybridized carbons (Fsp3) is 0.882. The third-order valence-electron chi connectivity index (χ3n) is 4.30. The normalized spacial score (nSPS) is 28.7. The monoisotopic (exact) mass is 372 g/mol. The first kappa shape index (κ1) is 19.9. The van der Waals surface area contributed by atoms with E-state index in [0.717, 1.165) is 0 Å². The van der Waals surface area contributed by atoms with Gasteiger partial charge in [-0.1, -0.05) is 103 Å². The topological polar surface area (TPSA) is 0 Å². The molecule has 0 aromatic carbocycles. The lowest BCUT2D eigenvalue weighted by Crippen LogP contribution is -2.63. The first-order chi connectivity index (χ1) is 8.86. The van der Waals surface area contributed by atoms with E-state index in [1.54, 1.807) is 0 Å². The summed E-state index contributed by atoms with van der Waals surface area (Å²) in [5.41, 5.74) is 2.07. The van der Waals surface area contributed by atoms with Crippen molar-refractivity contribution in [2.24, 2.45) is 22.2 Å². The van der Waals surface area contributed by atoms with E-state index in [9.17, 15) is 0 Å². The Balaban J connectivity index is 3.76. The van der Waals surface area contributed by atoms with Crippen molar-refractivity contribution in [2.45, 2.75) is 71.0 Å². The van der Waals surface area contributed by atoms with Crippen molar-refractivity contribution < 1.29 is 0 Å². The zero-order chi connectivity index (χ0) is 17.2. The number of rotatable bonds is 0. The number of hydrogen-bond acceptors (Lipinski definition) is 0. The highest BCUT2D eigenvalue weighted by molar-refractivity contribution is 6.68. The molecule has 0 N–H and O–H groups in total. The summed E-state index contributed by atoms with van der Waals surface area (Å²) in [6, 6.07) is 0. The largest absolute Gasteiger partial charge is 0.199 e. The SMILES string of the molecule is CC(C)(C)C1=C(C(C)(C)C)C(Cl)(C(C)(C)C)C1C(Cl)(Cl)Cl. The Morgan fingerprint density at radius 2 is 1.14 bits per heavy atom. The highest BCUT2D eigenvalue weighted by Crippen LogP contribution is 2.71. The number of hydrogen-bond donors (Lipinski definition) is 0. The fourth-order valence-corrected chi connectivity index (χ4v) is 5.20. The minimum absolute atomic E-state index is 0.0654. The van der Waals surface area contributed by atoms with Crippen LogP contribution in [0.25, 0.3) is 0 Å². The van der Waals surface area contributed by atoms with Gasteiger partial charge in [-0.05, 0) is 21.8 Å². The van der Waals surface area contributed by atoms with E-state index in [0.29, 0.717) is 0 Å². The van der Waals surface area contributed by atoms with Crippen molar-refractivity contribution in [2.75, 3.05) is 0 Å². The molecule has 0 aliphatic heterocycles. The molecule has 0 saturated carbocycles. The minimum atomic E-state index is -1.41. The Labute approximate surface area is 150 Å². The zero-order valence-electron chi connectivity index (χ0n) is 14.6. The molecule has 0 heterocycles. The van der Waals surface area contributed by atoms with Crippen LogP contribution >= 0.6 is 46.4 Å². The molecule has 21 heavy (non-hydrogen) atoms. The first-order valence-electron chi connectivity index (χ1n) is 7.37. The van der Waals surface area contributed by atoms with Gasteiger partial charge in [-0.3, -0.25) is 0 Å². The van der Waals surface area contributed by atoms with Crippen molar-refractivity contribution in [1.82, 2.24) is 0 Å². The van der Waals surface area contributed by atoms with Gasteiger partial charge in [-0.2, -0.15) is 0 Å². The second-order valence-electron chi connectivity index (χ2n) is 9.23. The van der Waals surface area contributed by atoms with E-state index in [1.165, 1.54) is 11.1 Å². The average Bonchev–Trinajstić information content (AvgIpc) is 2.03. The molecule has 0 nitrogen and oxygen atoms in total. The molecule has 0 spiro atoms. The van der Waals surface area contributed by atoms with Crippen LogP contribution in [0.1, 0.15) is 62.3 Å². The summed E-state index contributed by atoms with van der Waals surface area (Å²) >= 11 is 26.2. The number of allylic oxidation sites excluding steroid dienone is 2. The lowest BCUT2D eigenvalue weighted by molar-refractivity contribution is 0.147. The average molecular weight is 374 g/mol. The molecular formula is C17H28Cl4. The smallest absolute Gasteiger partial charge is 0.113 e. The standard InChI is InChI=1S/C17H28Cl4/c1-13(2,3)10-11(14(4,5)6)16(18,15(7,8)9)12(10)17(19,20)21/h12H,1-9H3. The van der Waals surface area contributed by atoms with Crippen molar-refractivity contribution in [3.05, 3.63) is 11.1 Å². The maximum Gasteiger partial charge on any atom is 0.199 e. The van der Waals surface area contributed by atoms with E-state index in [1.807, 2.05) is 0 Å². The summed E-state index contributed by atoms with van der Waals surface area (Å²) in [7, 11) is 0. The third kappa shape index (κ3) is 3.25. The lowest BCUT2D eigenvalue weighted by Gasteiger charge is -2.63. The Morgan fingerprint density at radius 3 is 1.33 bits per heavy atom. The second kappa shape index (κ2) is 5.20. The van der Waals surface area contributed by atoms with Gasteiger partial charge in [-0.25, -0.2) is 0 Å². The Morgan fingerprint density at radius 1 is 0.762 bits per heavy atom. The second-order valence-corrected chi connectivity index (χ2v) is 12.2. The molecule has 0 radical (unpaired) electrons. The van der Waals surface area contributed by atoms with E-state index in [2.05, 4.69) is 62.3 Å². The van der Waals surface area contributed by atoms with Crippen LogP contribution in [0.2, 0.25) is 0 Å². The number of alkyl halides is 4. The fourth-order valence-electron chi connectivity index (χ4n) is 3.56. The summed E-state index contributed by atoms with van der Waals surface area (Å²) in [5, 5.41) is 0. The van der Waals surface area contributed by atoms with Crippen LogP contribution in [0, 0.1) is 22.2 Å². The van der Waals surface area contributed by atoms with Crippen LogP contribution in [0.4, 0.5) is 0 Å². The Hall–Kier alpha value is 0.900. The molecular weight excluding hydrogens is 346 g/mol. The molecule has 0 saturated heterocycles. The van der Waals surface area contributed by atoms with Gasteiger partial charge in [0.05, 0.1) is 10.8 Å². The molecule has 0 bridgehead atoms. The molecule has 0 aromatic heterocycles. The zero-order valence-corrected chi connectivity index (χ0v) is 17.6. The van der Waals surface area contributed by atoms with Gasteiger partial charge in [0.2, 0.25) is 0 Å². The molecule has 2 unspecified atom stereocenters. The van der Waals surface area contributed by atoms with Crippen LogP contribution in [-0.2, 0) is 0 Å². The van der Waals surface area contributed by atoms with Gasteiger partial charge in [-0.15, -0.1) is 11.6 Å². The van der Waals surface area contributed by atoms with E-state index in [4.69, 9.17) is 46.4 Å². The molecule has 1 aliphatic carbocycles. The molecule has 0 fully saturated rings.